The van der Waals surface area contributed by atoms with Gasteiger partial charge in [-0.05, 0) is 47.5 Å². The van der Waals surface area contributed by atoms with Crippen molar-refractivity contribution in [1.29, 1.82) is 0 Å². The van der Waals surface area contributed by atoms with Gasteiger partial charge in [-0.2, -0.15) is 0 Å². The summed E-state index contributed by atoms with van der Waals surface area (Å²) in [4.78, 5) is 31.9. The number of carbonyl (C=O) groups excluding carboxylic acids is 2. The molecule has 2 aromatic carbocycles. The second-order valence-corrected chi connectivity index (χ2v) is 11.0. The molecule has 5 rings (SSSR count). The van der Waals surface area contributed by atoms with Gasteiger partial charge < -0.3 is 9.84 Å². The number of thioether (sulfide) groups is 1. The molecule has 196 valence electrons. The lowest BCUT2D eigenvalue weighted by Crippen LogP contribution is -2.29. The standard InChI is InChI=1S/C28H21ClN4O4S2/c1-2-15-37-21-9-5-18(6-10-21)23-22(24(34)19-11-13-30-14-12-19)25(35)26(36)33(23)27-31-32-28(39-27)38-16-17-3-7-20(29)8-4-17/h2-14,23,34H,1,15-16H2/b24-22+. The number of rotatable bonds is 9. The summed E-state index contributed by atoms with van der Waals surface area (Å²) in [5.41, 5.74) is 1.98. The zero-order valence-corrected chi connectivity index (χ0v) is 22.7. The highest BCUT2D eigenvalue weighted by Gasteiger charge is 2.48. The molecule has 8 nitrogen and oxygen atoms in total. The van der Waals surface area contributed by atoms with Crippen molar-refractivity contribution in [3.8, 4) is 5.75 Å². The Balaban J connectivity index is 1.51. The highest BCUT2D eigenvalue weighted by molar-refractivity contribution is 8.00. The molecule has 11 heteroatoms. The molecule has 0 radical (unpaired) electrons. The lowest BCUT2D eigenvalue weighted by Gasteiger charge is -2.22. The predicted octanol–water partition coefficient (Wildman–Crippen LogP) is 6.07. The number of hydrogen-bond acceptors (Lipinski definition) is 9. The highest BCUT2D eigenvalue weighted by Crippen LogP contribution is 2.44. The minimum absolute atomic E-state index is 0.0449. The first-order valence-electron chi connectivity index (χ1n) is 11.7. The van der Waals surface area contributed by atoms with Gasteiger partial charge in [0, 0.05) is 28.7 Å². The predicted molar refractivity (Wildman–Crippen MR) is 152 cm³/mol. The minimum atomic E-state index is -0.923. The van der Waals surface area contributed by atoms with E-state index in [1.54, 1.807) is 42.5 Å². The topological polar surface area (TPSA) is 106 Å². The van der Waals surface area contributed by atoms with Crippen molar-refractivity contribution in [2.45, 2.75) is 16.1 Å². The van der Waals surface area contributed by atoms with E-state index < -0.39 is 17.7 Å². The van der Waals surface area contributed by atoms with Crippen molar-refractivity contribution < 1.29 is 19.4 Å². The number of amides is 1. The van der Waals surface area contributed by atoms with Crippen LogP contribution in [-0.4, -0.2) is 38.6 Å². The van der Waals surface area contributed by atoms with Crippen molar-refractivity contribution >= 4 is 57.3 Å². The van der Waals surface area contributed by atoms with Crippen molar-refractivity contribution in [1.82, 2.24) is 15.2 Å². The first-order chi connectivity index (χ1) is 19.0. The molecule has 1 aliphatic heterocycles. The van der Waals surface area contributed by atoms with E-state index in [-0.39, 0.29) is 16.5 Å². The van der Waals surface area contributed by atoms with Gasteiger partial charge in [-0.3, -0.25) is 19.5 Å². The molecule has 39 heavy (non-hydrogen) atoms. The Morgan fingerprint density at radius 3 is 2.49 bits per heavy atom. The molecule has 0 saturated carbocycles. The largest absolute Gasteiger partial charge is 0.507 e. The average Bonchev–Trinajstić information content (AvgIpc) is 3.54. The van der Waals surface area contributed by atoms with Gasteiger partial charge in [-0.15, -0.1) is 10.2 Å². The number of hydrogen-bond donors (Lipinski definition) is 1. The van der Waals surface area contributed by atoms with E-state index in [4.69, 9.17) is 16.3 Å². The molecule has 1 fully saturated rings. The fraction of sp³-hybridized carbons (Fsp3) is 0.107. The maximum absolute atomic E-state index is 13.4. The molecule has 2 aromatic heterocycles. The van der Waals surface area contributed by atoms with E-state index in [0.29, 0.717) is 38.6 Å². The number of aliphatic hydroxyl groups excluding tert-OH is 1. The molecule has 1 N–H and O–H groups in total. The van der Waals surface area contributed by atoms with Crippen LogP contribution in [0.25, 0.3) is 5.76 Å². The van der Waals surface area contributed by atoms with Gasteiger partial charge in [0.1, 0.15) is 18.1 Å². The zero-order chi connectivity index (χ0) is 27.4. The van der Waals surface area contributed by atoms with Crippen LogP contribution >= 0.6 is 34.7 Å². The number of anilines is 1. The molecular weight excluding hydrogens is 556 g/mol. The van der Waals surface area contributed by atoms with Gasteiger partial charge in [0.15, 0.2) is 4.34 Å². The van der Waals surface area contributed by atoms with Gasteiger partial charge in [-0.1, -0.05) is 71.6 Å². The number of Topliss-reactive ketones (excluding diaryl/α,β-unsaturated/α-hetero) is 1. The van der Waals surface area contributed by atoms with Crippen LogP contribution in [0.3, 0.4) is 0 Å². The number of ketones is 1. The quantitative estimate of drug-likeness (QED) is 0.0639. The average molecular weight is 577 g/mol. The lowest BCUT2D eigenvalue weighted by molar-refractivity contribution is -0.132. The van der Waals surface area contributed by atoms with Gasteiger partial charge in [-0.25, -0.2) is 0 Å². The van der Waals surface area contributed by atoms with Crippen LogP contribution in [0, 0.1) is 0 Å². The summed E-state index contributed by atoms with van der Waals surface area (Å²) in [7, 11) is 0. The Morgan fingerprint density at radius 1 is 1.08 bits per heavy atom. The smallest absolute Gasteiger partial charge is 0.301 e. The molecular formula is C28H21ClN4O4S2. The minimum Gasteiger partial charge on any atom is -0.507 e. The summed E-state index contributed by atoms with van der Waals surface area (Å²) in [6.07, 6.45) is 4.64. The van der Waals surface area contributed by atoms with E-state index >= 15 is 0 Å². The van der Waals surface area contributed by atoms with Gasteiger partial charge >= 0.3 is 5.91 Å². The summed E-state index contributed by atoms with van der Waals surface area (Å²) in [6, 6.07) is 16.7. The number of ether oxygens (including phenoxy) is 1. The normalized spacial score (nSPS) is 16.4. The number of nitrogens with zero attached hydrogens (tertiary/aromatic N) is 4. The second kappa shape index (κ2) is 11.8. The van der Waals surface area contributed by atoms with Crippen LogP contribution in [0.4, 0.5) is 5.13 Å². The SMILES string of the molecule is C=CCOc1ccc(C2/C(=C(\O)c3ccncc3)C(=O)C(=O)N2c2nnc(SCc3ccc(Cl)cc3)s2)cc1. The number of aliphatic hydroxyl groups is 1. The number of halogens is 1. The van der Waals surface area contributed by atoms with Crippen LogP contribution < -0.4 is 9.64 Å². The monoisotopic (exact) mass is 576 g/mol. The van der Waals surface area contributed by atoms with E-state index in [2.05, 4.69) is 21.8 Å². The molecule has 1 saturated heterocycles. The van der Waals surface area contributed by atoms with Crippen LogP contribution in [-0.2, 0) is 15.3 Å². The van der Waals surface area contributed by atoms with Gasteiger partial charge in [0.2, 0.25) is 5.13 Å². The Labute approximate surface area is 237 Å². The van der Waals surface area contributed by atoms with Gasteiger partial charge in [0.25, 0.3) is 5.78 Å². The van der Waals surface area contributed by atoms with Crippen LogP contribution in [0.2, 0.25) is 5.02 Å². The van der Waals surface area contributed by atoms with Crippen LogP contribution in [0.5, 0.6) is 5.75 Å². The number of benzene rings is 2. The number of aromatic nitrogens is 3. The molecule has 1 atom stereocenters. The maximum atomic E-state index is 13.4. The highest BCUT2D eigenvalue weighted by atomic mass is 35.5. The summed E-state index contributed by atoms with van der Waals surface area (Å²) in [5.74, 6) is -0.680. The summed E-state index contributed by atoms with van der Waals surface area (Å²) in [6.45, 7) is 3.98. The second-order valence-electron chi connectivity index (χ2n) is 8.34. The number of pyridine rings is 1. The molecule has 1 aliphatic rings. The number of carbonyl (C=O) groups is 2. The molecule has 0 aliphatic carbocycles. The Morgan fingerprint density at radius 2 is 1.79 bits per heavy atom. The van der Waals surface area contributed by atoms with E-state index in [1.165, 1.54) is 40.4 Å². The molecule has 4 aromatic rings. The fourth-order valence-electron chi connectivity index (χ4n) is 4.00. The summed E-state index contributed by atoms with van der Waals surface area (Å²) in [5, 5.41) is 20.6. The lowest BCUT2D eigenvalue weighted by atomic mass is 9.95. The molecule has 0 bridgehead atoms. The summed E-state index contributed by atoms with van der Waals surface area (Å²) >= 11 is 8.63. The molecule has 0 spiro atoms. The van der Waals surface area contributed by atoms with Crippen LogP contribution in [0.15, 0.2) is 95.6 Å². The fourth-order valence-corrected chi connectivity index (χ4v) is 5.95. The van der Waals surface area contributed by atoms with Crippen molar-refractivity contribution in [3.05, 3.63) is 113 Å². The van der Waals surface area contributed by atoms with Gasteiger partial charge in [0.05, 0.1) is 11.6 Å². The summed E-state index contributed by atoms with van der Waals surface area (Å²) < 4.78 is 6.21. The third-order valence-electron chi connectivity index (χ3n) is 5.84. The molecule has 1 amide bonds. The Bertz CT molecular complexity index is 1540. The van der Waals surface area contributed by atoms with E-state index in [1.807, 2.05) is 24.3 Å². The van der Waals surface area contributed by atoms with E-state index in [9.17, 15) is 14.7 Å². The molecule has 1 unspecified atom stereocenters. The first kappa shape index (κ1) is 26.6. The van der Waals surface area contributed by atoms with Crippen molar-refractivity contribution in [2.24, 2.45) is 0 Å². The van der Waals surface area contributed by atoms with Crippen molar-refractivity contribution in [2.75, 3.05) is 11.5 Å². The van der Waals surface area contributed by atoms with Crippen molar-refractivity contribution in [3.63, 3.8) is 0 Å². The Kier molecular flexibility index (Phi) is 8.06. The maximum Gasteiger partial charge on any atom is 0.301 e. The first-order valence-corrected chi connectivity index (χ1v) is 13.9. The third kappa shape index (κ3) is 5.73. The Hall–Kier alpha value is -3.99. The van der Waals surface area contributed by atoms with Crippen LogP contribution in [0.1, 0.15) is 22.7 Å². The zero-order valence-electron chi connectivity index (χ0n) is 20.4. The molecule has 3 heterocycles. The third-order valence-corrected chi connectivity index (χ3v) is 8.22. The van der Waals surface area contributed by atoms with E-state index in [0.717, 1.165) is 5.56 Å².